The summed E-state index contributed by atoms with van der Waals surface area (Å²) in [4.78, 5) is 16.9. The molecule has 0 heterocycles. The molecule has 4 nitrogen and oxygen atoms in total. The zero-order valence-corrected chi connectivity index (χ0v) is 18.6. The van der Waals surface area contributed by atoms with Crippen molar-refractivity contribution in [2.75, 3.05) is 0 Å². The first-order chi connectivity index (χ1) is 13.0. The molecular weight excluding hydrogens is 346 g/mol. The second-order valence-electron chi connectivity index (χ2n) is 7.09. The first kappa shape index (κ1) is 25.4. The van der Waals surface area contributed by atoms with E-state index < -0.39 is 0 Å². The Morgan fingerprint density at radius 2 is 1.64 bits per heavy atom. The van der Waals surface area contributed by atoms with E-state index in [1.807, 2.05) is 53.7 Å². The number of hydrogen-bond acceptors (Lipinski definition) is 4. The minimum atomic E-state index is -0.313. The summed E-state index contributed by atoms with van der Waals surface area (Å²) in [6, 6.07) is 0. The topological polar surface area (TPSA) is 81.5 Å². The lowest BCUT2D eigenvalue weighted by Gasteiger charge is -2.18. The van der Waals surface area contributed by atoms with Gasteiger partial charge in [0.25, 0.3) is 0 Å². The lowest BCUT2D eigenvalue weighted by Crippen LogP contribution is -2.18. The largest absolute Gasteiger partial charge is 0.402 e. The zero-order valence-electron chi connectivity index (χ0n) is 18.6. The van der Waals surface area contributed by atoms with E-state index in [0.29, 0.717) is 29.2 Å². The number of allylic oxidation sites excluding steroid dienone is 9. The van der Waals surface area contributed by atoms with Crippen LogP contribution in [0.4, 0.5) is 0 Å². The van der Waals surface area contributed by atoms with Gasteiger partial charge in [-0.3, -0.25) is 4.79 Å². The predicted molar refractivity (Wildman–Crippen MR) is 123 cm³/mol. The van der Waals surface area contributed by atoms with Gasteiger partial charge in [0, 0.05) is 34.9 Å². The van der Waals surface area contributed by atoms with E-state index in [-0.39, 0.29) is 11.7 Å². The highest BCUT2D eigenvalue weighted by Crippen LogP contribution is 2.25. The Morgan fingerprint density at radius 3 is 2.07 bits per heavy atom. The third-order valence-electron chi connectivity index (χ3n) is 4.48. The maximum absolute atomic E-state index is 12.3. The number of carbonyl (C=O) groups excluding carboxylic acids is 1. The molecule has 0 bridgehead atoms. The molecular formula is C24H37N3O. The Bertz CT molecular complexity index is 770. The molecule has 0 aromatic heterocycles. The Kier molecular flexibility index (Phi) is 10.8. The monoisotopic (exact) mass is 383 g/mol. The minimum absolute atomic E-state index is 0.135. The molecule has 0 aliphatic heterocycles. The highest BCUT2D eigenvalue weighted by molar-refractivity contribution is 6.03. The lowest BCUT2D eigenvalue weighted by atomic mass is 9.89. The highest BCUT2D eigenvalue weighted by atomic mass is 16.1. The highest BCUT2D eigenvalue weighted by Gasteiger charge is 2.20. The molecule has 4 heteroatoms. The van der Waals surface area contributed by atoms with Crippen molar-refractivity contribution in [3.05, 3.63) is 70.8 Å². The molecule has 154 valence electrons. The second-order valence-corrected chi connectivity index (χ2v) is 7.09. The van der Waals surface area contributed by atoms with E-state index in [2.05, 4.69) is 31.2 Å². The number of nitrogens with zero attached hydrogens (tertiary/aromatic N) is 1. The quantitative estimate of drug-likeness (QED) is 0.385. The average Bonchev–Trinajstić information content (AvgIpc) is 2.60. The number of ketones is 1. The molecule has 0 aromatic carbocycles. The van der Waals surface area contributed by atoms with Crippen molar-refractivity contribution >= 4 is 11.5 Å². The summed E-state index contributed by atoms with van der Waals surface area (Å²) < 4.78 is 0. The molecule has 0 radical (unpaired) electrons. The van der Waals surface area contributed by atoms with Gasteiger partial charge in [0.05, 0.1) is 0 Å². The summed E-state index contributed by atoms with van der Waals surface area (Å²) in [6.45, 7) is 21.3. The van der Waals surface area contributed by atoms with Crippen LogP contribution in [0, 0.1) is 5.92 Å². The molecule has 4 N–H and O–H groups in total. The van der Waals surface area contributed by atoms with Crippen molar-refractivity contribution in [3.63, 3.8) is 0 Å². The Hall–Kier alpha value is -2.62. The summed E-state index contributed by atoms with van der Waals surface area (Å²) in [6.07, 6.45) is 7.14. The van der Waals surface area contributed by atoms with Crippen LogP contribution < -0.4 is 11.5 Å². The predicted octanol–water partition coefficient (Wildman–Crippen LogP) is 5.51. The third-order valence-corrected chi connectivity index (χ3v) is 4.48. The van der Waals surface area contributed by atoms with Gasteiger partial charge in [-0.05, 0) is 45.3 Å². The molecule has 0 amide bonds. The fraction of sp³-hybridized carbons (Fsp3) is 0.417. The van der Waals surface area contributed by atoms with Gasteiger partial charge in [0.2, 0.25) is 0 Å². The maximum atomic E-state index is 12.3. The van der Waals surface area contributed by atoms with E-state index in [1.54, 1.807) is 0 Å². The summed E-state index contributed by atoms with van der Waals surface area (Å²) in [5.41, 5.74) is 17.8. The molecule has 0 aliphatic rings. The van der Waals surface area contributed by atoms with Crippen LogP contribution in [0.3, 0.4) is 0 Å². The van der Waals surface area contributed by atoms with Crippen LogP contribution in [0.15, 0.2) is 75.8 Å². The zero-order chi connectivity index (χ0) is 22.0. The molecule has 28 heavy (non-hydrogen) atoms. The number of aliphatic imine (C=N–C) groups is 1. The normalized spacial score (nSPS) is 15.8. The van der Waals surface area contributed by atoms with Gasteiger partial charge in [0.15, 0.2) is 0 Å². The molecule has 0 rings (SSSR count). The molecule has 1 unspecified atom stereocenters. The van der Waals surface area contributed by atoms with Gasteiger partial charge in [-0.15, -0.1) is 0 Å². The Balaban J connectivity index is 6.28. The van der Waals surface area contributed by atoms with Crippen LogP contribution in [0.1, 0.15) is 61.3 Å². The van der Waals surface area contributed by atoms with Gasteiger partial charge in [-0.1, -0.05) is 57.7 Å². The molecule has 1 atom stereocenters. The van der Waals surface area contributed by atoms with Gasteiger partial charge in [-0.25, -0.2) is 4.99 Å². The van der Waals surface area contributed by atoms with Crippen LogP contribution >= 0.6 is 0 Å². The van der Waals surface area contributed by atoms with Crippen molar-refractivity contribution < 1.29 is 4.79 Å². The van der Waals surface area contributed by atoms with E-state index in [4.69, 9.17) is 11.5 Å². The summed E-state index contributed by atoms with van der Waals surface area (Å²) in [7, 11) is 0. The fourth-order valence-electron chi connectivity index (χ4n) is 2.85. The molecule has 0 aromatic rings. The van der Waals surface area contributed by atoms with Crippen molar-refractivity contribution in [1.82, 2.24) is 0 Å². The Morgan fingerprint density at radius 1 is 1.07 bits per heavy atom. The van der Waals surface area contributed by atoms with Crippen LogP contribution in [-0.4, -0.2) is 11.5 Å². The van der Waals surface area contributed by atoms with Gasteiger partial charge in [-0.2, -0.15) is 0 Å². The summed E-state index contributed by atoms with van der Waals surface area (Å²) in [5, 5.41) is 0. The SMILES string of the molecule is C=C(C)/C=C\C(C(=C)/C(C)=N/C(N)=C(\C(C)=C\CC)C(C)C(=O)CC)=C(/C)N. The van der Waals surface area contributed by atoms with E-state index in [9.17, 15) is 4.79 Å². The first-order valence-corrected chi connectivity index (χ1v) is 9.72. The Labute approximate surface area is 171 Å². The van der Waals surface area contributed by atoms with Crippen LogP contribution in [0.25, 0.3) is 0 Å². The van der Waals surface area contributed by atoms with Crippen LogP contribution in [-0.2, 0) is 4.79 Å². The first-order valence-electron chi connectivity index (χ1n) is 9.72. The maximum Gasteiger partial charge on any atom is 0.139 e. The third kappa shape index (κ3) is 7.55. The number of rotatable bonds is 10. The van der Waals surface area contributed by atoms with Crippen LogP contribution in [0.2, 0.25) is 0 Å². The fourth-order valence-corrected chi connectivity index (χ4v) is 2.85. The molecule has 0 saturated carbocycles. The van der Waals surface area contributed by atoms with Gasteiger partial charge >= 0.3 is 0 Å². The van der Waals surface area contributed by atoms with Crippen molar-refractivity contribution in [3.8, 4) is 0 Å². The minimum Gasteiger partial charge on any atom is -0.402 e. The van der Waals surface area contributed by atoms with Gasteiger partial charge < -0.3 is 11.5 Å². The second kappa shape index (κ2) is 12.0. The number of carbonyl (C=O) groups is 1. The molecule has 0 saturated heterocycles. The lowest BCUT2D eigenvalue weighted by molar-refractivity contribution is -0.121. The number of hydrogen-bond donors (Lipinski definition) is 2. The standard InChI is InChI=1S/C24H37N3O/c1-10-12-16(5)23(18(7)22(28)11-2)24(26)27-20(9)17(6)21(19(8)25)14-13-15(3)4/h12-14,18H,3,6,10-11,25-26H2,1-2,4-5,7-9H3/b14-13-,16-12+,21-19-,24-23+,27-20+. The summed E-state index contributed by atoms with van der Waals surface area (Å²) >= 11 is 0. The van der Waals surface area contributed by atoms with Crippen molar-refractivity contribution in [1.29, 1.82) is 0 Å². The van der Waals surface area contributed by atoms with Gasteiger partial charge in [0.1, 0.15) is 11.6 Å². The van der Waals surface area contributed by atoms with Crippen molar-refractivity contribution in [2.24, 2.45) is 22.4 Å². The molecule has 0 spiro atoms. The molecule has 0 fully saturated rings. The average molecular weight is 384 g/mol. The van der Waals surface area contributed by atoms with E-state index >= 15 is 0 Å². The van der Waals surface area contributed by atoms with Crippen molar-refractivity contribution in [2.45, 2.75) is 61.3 Å². The smallest absolute Gasteiger partial charge is 0.139 e. The molecule has 0 aliphatic carbocycles. The van der Waals surface area contributed by atoms with Crippen LogP contribution in [0.5, 0.6) is 0 Å². The van der Waals surface area contributed by atoms with E-state index in [1.165, 1.54) is 0 Å². The number of Topliss-reactive ketones (excluding diaryl/α,β-unsaturated/α-hetero) is 1. The number of nitrogens with two attached hydrogens (primary N) is 2. The van der Waals surface area contributed by atoms with E-state index in [0.717, 1.165) is 28.7 Å². The summed E-state index contributed by atoms with van der Waals surface area (Å²) in [5.74, 6) is 0.163.